The molecule has 1 aromatic carbocycles. The molecule has 0 radical (unpaired) electrons. The molecular weight excluding hydrogens is 306 g/mol. The molecule has 1 saturated heterocycles. The van der Waals surface area contributed by atoms with Gasteiger partial charge >= 0.3 is 0 Å². The highest BCUT2D eigenvalue weighted by Crippen LogP contribution is 2.28. The summed E-state index contributed by atoms with van der Waals surface area (Å²) in [5.74, 6) is 0.564. The largest absolute Gasteiger partial charge is 0.497 e. The predicted molar refractivity (Wildman–Crippen MR) is 91.1 cm³/mol. The van der Waals surface area contributed by atoms with Crippen molar-refractivity contribution in [2.24, 2.45) is 5.92 Å². The van der Waals surface area contributed by atoms with Gasteiger partial charge in [-0.3, -0.25) is 9.59 Å². The summed E-state index contributed by atoms with van der Waals surface area (Å²) in [4.78, 5) is 30.5. The summed E-state index contributed by atoms with van der Waals surface area (Å²) in [6.07, 6.45) is 1.82. The van der Waals surface area contributed by atoms with Crippen LogP contribution < -0.4 is 15.0 Å². The molecule has 0 unspecified atom stereocenters. The number of nitrogens with zero attached hydrogens (tertiary/aromatic N) is 2. The van der Waals surface area contributed by atoms with Crippen LogP contribution in [0.15, 0.2) is 42.6 Å². The number of aromatic nitrogens is 1. The average Bonchev–Trinajstić information content (AvgIpc) is 2.99. The Morgan fingerprint density at radius 3 is 2.92 bits per heavy atom. The van der Waals surface area contributed by atoms with Crippen LogP contribution in [0.5, 0.6) is 5.75 Å². The first-order valence-electron chi connectivity index (χ1n) is 7.75. The number of amides is 2. The van der Waals surface area contributed by atoms with Crippen LogP contribution in [-0.2, 0) is 9.59 Å². The van der Waals surface area contributed by atoms with Crippen LogP contribution in [0.4, 0.5) is 11.5 Å². The van der Waals surface area contributed by atoms with Crippen molar-refractivity contribution in [3.8, 4) is 5.75 Å². The number of rotatable bonds is 4. The molecule has 1 aliphatic rings. The second-order valence-electron chi connectivity index (χ2n) is 5.77. The number of nitrogens with one attached hydrogen (secondary N) is 1. The lowest BCUT2D eigenvalue weighted by molar-refractivity contribution is -0.122. The third-order valence-electron chi connectivity index (χ3n) is 4.11. The van der Waals surface area contributed by atoms with Gasteiger partial charge in [-0.15, -0.1) is 0 Å². The molecule has 6 nitrogen and oxygen atoms in total. The Morgan fingerprint density at radius 2 is 2.17 bits per heavy atom. The number of hydrogen-bond acceptors (Lipinski definition) is 4. The molecule has 1 fully saturated rings. The highest BCUT2D eigenvalue weighted by atomic mass is 16.5. The first-order valence-corrected chi connectivity index (χ1v) is 7.75. The minimum Gasteiger partial charge on any atom is -0.497 e. The summed E-state index contributed by atoms with van der Waals surface area (Å²) in [7, 11) is 1.58. The number of pyridine rings is 1. The predicted octanol–water partition coefficient (Wildman–Crippen LogP) is 2.39. The fourth-order valence-corrected chi connectivity index (χ4v) is 2.75. The smallest absolute Gasteiger partial charge is 0.230 e. The van der Waals surface area contributed by atoms with E-state index in [-0.39, 0.29) is 18.2 Å². The Bertz CT molecular complexity index is 776. The summed E-state index contributed by atoms with van der Waals surface area (Å²) in [5, 5.41) is 2.81. The molecular formula is C18H19N3O3. The molecule has 0 saturated carbocycles. The summed E-state index contributed by atoms with van der Waals surface area (Å²) in [5.41, 5.74) is 1.63. The number of aryl methyl sites for hydroxylation is 1. The second kappa shape index (κ2) is 6.70. The number of methoxy groups -OCH3 is 1. The van der Waals surface area contributed by atoms with Crippen molar-refractivity contribution in [1.29, 1.82) is 0 Å². The molecule has 3 rings (SSSR count). The van der Waals surface area contributed by atoms with Gasteiger partial charge in [0.05, 0.1) is 13.0 Å². The van der Waals surface area contributed by atoms with Crippen LogP contribution in [0.3, 0.4) is 0 Å². The van der Waals surface area contributed by atoms with Crippen LogP contribution in [0, 0.1) is 12.8 Å². The third kappa shape index (κ3) is 3.22. The lowest BCUT2D eigenvalue weighted by Crippen LogP contribution is -2.28. The van der Waals surface area contributed by atoms with E-state index in [0.29, 0.717) is 18.1 Å². The number of benzene rings is 1. The molecule has 124 valence electrons. The Hall–Kier alpha value is -2.89. The number of carbonyl (C=O) groups excluding carboxylic acids is 2. The third-order valence-corrected chi connectivity index (χ3v) is 4.11. The molecule has 2 heterocycles. The van der Waals surface area contributed by atoms with Gasteiger partial charge in [0.25, 0.3) is 0 Å². The molecule has 2 aromatic rings. The van der Waals surface area contributed by atoms with Crippen LogP contribution >= 0.6 is 0 Å². The molecule has 1 aliphatic heterocycles. The van der Waals surface area contributed by atoms with Gasteiger partial charge in [0.2, 0.25) is 11.8 Å². The molecule has 0 aliphatic carbocycles. The zero-order valence-corrected chi connectivity index (χ0v) is 13.7. The molecule has 24 heavy (non-hydrogen) atoms. The van der Waals surface area contributed by atoms with Crippen molar-refractivity contribution in [2.45, 2.75) is 13.3 Å². The minimum atomic E-state index is -0.398. The maximum absolute atomic E-state index is 12.5. The van der Waals surface area contributed by atoms with Gasteiger partial charge in [-0.1, -0.05) is 12.1 Å². The highest BCUT2D eigenvalue weighted by Gasteiger charge is 2.35. The lowest BCUT2D eigenvalue weighted by atomic mass is 10.1. The van der Waals surface area contributed by atoms with E-state index in [2.05, 4.69) is 10.3 Å². The van der Waals surface area contributed by atoms with Crippen LogP contribution in [0.25, 0.3) is 0 Å². The molecule has 0 spiro atoms. The lowest BCUT2D eigenvalue weighted by Gasteiger charge is -2.17. The monoisotopic (exact) mass is 325 g/mol. The Kier molecular flexibility index (Phi) is 4.46. The van der Waals surface area contributed by atoms with E-state index in [4.69, 9.17) is 4.74 Å². The molecule has 1 aromatic heterocycles. The van der Waals surface area contributed by atoms with Gasteiger partial charge in [-0.25, -0.2) is 4.98 Å². The van der Waals surface area contributed by atoms with Crippen LogP contribution in [0.1, 0.15) is 12.0 Å². The van der Waals surface area contributed by atoms with Gasteiger partial charge in [-0.2, -0.15) is 0 Å². The van der Waals surface area contributed by atoms with Crippen molar-refractivity contribution < 1.29 is 14.3 Å². The van der Waals surface area contributed by atoms with E-state index in [9.17, 15) is 9.59 Å². The Balaban J connectivity index is 1.72. The fraction of sp³-hybridized carbons (Fsp3) is 0.278. The van der Waals surface area contributed by atoms with Crippen molar-refractivity contribution in [2.75, 3.05) is 23.9 Å². The van der Waals surface area contributed by atoms with Gasteiger partial charge in [0.15, 0.2) is 0 Å². The first-order chi connectivity index (χ1) is 11.6. The van der Waals surface area contributed by atoms with E-state index in [0.717, 1.165) is 11.3 Å². The molecule has 6 heteroatoms. The zero-order valence-electron chi connectivity index (χ0n) is 13.7. The van der Waals surface area contributed by atoms with E-state index >= 15 is 0 Å². The maximum atomic E-state index is 12.5. The van der Waals surface area contributed by atoms with Crippen LogP contribution in [0.2, 0.25) is 0 Å². The van der Waals surface area contributed by atoms with Crippen LogP contribution in [-0.4, -0.2) is 30.5 Å². The van der Waals surface area contributed by atoms with Crippen molar-refractivity contribution in [3.05, 3.63) is 48.2 Å². The van der Waals surface area contributed by atoms with E-state index in [1.165, 1.54) is 0 Å². The maximum Gasteiger partial charge on any atom is 0.230 e. The van der Waals surface area contributed by atoms with Crippen molar-refractivity contribution >= 4 is 23.3 Å². The molecule has 2 amide bonds. The number of ether oxygens (including phenoxy) is 1. The molecule has 0 bridgehead atoms. The zero-order chi connectivity index (χ0) is 17.1. The molecule has 1 atom stereocenters. The normalized spacial score (nSPS) is 17.0. The first kappa shape index (κ1) is 16.0. The Morgan fingerprint density at radius 1 is 1.33 bits per heavy atom. The van der Waals surface area contributed by atoms with Gasteiger partial charge in [0.1, 0.15) is 11.6 Å². The summed E-state index contributed by atoms with van der Waals surface area (Å²) < 4.78 is 5.19. The Labute approximate surface area is 140 Å². The van der Waals surface area contributed by atoms with E-state index < -0.39 is 5.92 Å². The minimum absolute atomic E-state index is 0.0684. The number of anilines is 2. The quantitative estimate of drug-likeness (QED) is 0.937. The average molecular weight is 325 g/mol. The van der Waals surface area contributed by atoms with Gasteiger partial charge in [-0.05, 0) is 30.7 Å². The number of hydrogen-bond donors (Lipinski definition) is 1. The highest BCUT2D eigenvalue weighted by molar-refractivity contribution is 6.03. The standard InChI is InChI=1S/C18H19N3O3/c1-12-5-4-8-19-17(12)20-18(23)13-9-16(22)21(11-13)14-6-3-7-15(10-14)24-2/h3-8,10,13H,9,11H2,1-2H3,(H,19,20,23)/t13-/m0/s1. The fourth-order valence-electron chi connectivity index (χ4n) is 2.75. The molecule has 1 N–H and O–H groups in total. The van der Waals surface area contributed by atoms with Gasteiger partial charge < -0.3 is 15.0 Å². The van der Waals surface area contributed by atoms with Crippen molar-refractivity contribution in [3.63, 3.8) is 0 Å². The SMILES string of the molecule is COc1cccc(N2C[C@@H](C(=O)Nc3ncccc3C)CC2=O)c1. The summed E-state index contributed by atoms with van der Waals surface area (Å²) in [6, 6.07) is 11.0. The summed E-state index contributed by atoms with van der Waals surface area (Å²) >= 11 is 0. The van der Waals surface area contributed by atoms with E-state index in [1.807, 2.05) is 37.3 Å². The summed E-state index contributed by atoms with van der Waals surface area (Å²) in [6.45, 7) is 2.23. The second-order valence-corrected chi connectivity index (χ2v) is 5.77. The number of carbonyl (C=O) groups is 2. The van der Waals surface area contributed by atoms with Crippen molar-refractivity contribution in [1.82, 2.24) is 4.98 Å². The van der Waals surface area contributed by atoms with E-state index in [1.54, 1.807) is 24.3 Å². The topological polar surface area (TPSA) is 71.5 Å². The van der Waals surface area contributed by atoms with Gasteiger partial charge in [0, 0.05) is 30.9 Å².